The molecule has 6 rings (SSSR count). The molecule has 8 heteroatoms. The number of pyridine rings is 1. The Kier molecular flexibility index (Phi) is 11.0. The van der Waals surface area contributed by atoms with Gasteiger partial charge in [-0.05, 0) is 105 Å². The molecule has 0 unspecified atom stereocenters. The van der Waals surface area contributed by atoms with Crippen LogP contribution in [0.15, 0.2) is 79.1 Å². The minimum atomic E-state index is -0.194. The summed E-state index contributed by atoms with van der Waals surface area (Å²) in [4.78, 5) is 22.4. The molecule has 256 valence electrons. The van der Waals surface area contributed by atoms with Gasteiger partial charge in [0.05, 0.1) is 19.8 Å². The molecule has 0 bridgehead atoms. The lowest BCUT2D eigenvalue weighted by molar-refractivity contribution is 0.102. The van der Waals surface area contributed by atoms with E-state index in [2.05, 4.69) is 63.8 Å². The van der Waals surface area contributed by atoms with E-state index in [1.54, 1.807) is 26.6 Å². The summed E-state index contributed by atoms with van der Waals surface area (Å²) < 4.78 is 13.9. The zero-order chi connectivity index (χ0) is 34.3. The van der Waals surface area contributed by atoms with E-state index in [1.165, 1.54) is 79.7 Å². The number of carbonyl (C=O) groups excluding carboxylic acids is 1. The van der Waals surface area contributed by atoms with E-state index in [0.29, 0.717) is 22.7 Å². The number of rotatable bonds is 13. The number of nitrogens with one attached hydrogen (secondary N) is 1. The average molecular weight is 660 g/mol. The van der Waals surface area contributed by atoms with Crippen LogP contribution in [0.3, 0.4) is 0 Å². The van der Waals surface area contributed by atoms with Crippen LogP contribution in [0.25, 0.3) is 22.0 Å². The lowest BCUT2D eigenvalue weighted by Gasteiger charge is -2.32. The van der Waals surface area contributed by atoms with E-state index in [4.69, 9.17) is 9.47 Å². The Bertz CT molecular complexity index is 1850. The van der Waals surface area contributed by atoms with E-state index in [1.807, 2.05) is 48.5 Å². The van der Waals surface area contributed by atoms with Crippen molar-refractivity contribution in [2.45, 2.75) is 46.1 Å². The van der Waals surface area contributed by atoms with Gasteiger partial charge in [0, 0.05) is 85.1 Å². The molecule has 8 nitrogen and oxygen atoms in total. The molecular weight excluding hydrogens is 610 g/mol. The predicted octanol–water partition coefficient (Wildman–Crippen LogP) is 7.60. The number of aryl methyl sites for hydroxylation is 2. The fraction of sp³-hybridized carbons (Fsp3) is 0.366. The highest BCUT2D eigenvalue weighted by atomic mass is 16.5. The average Bonchev–Trinajstić information content (AvgIpc) is 3.36. The molecule has 0 saturated carbocycles. The van der Waals surface area contributed by atoms with Crippen LogP contribution < -0.4 is 14.8 Å². The van der Waals surface area contributed by atoms with Gasteiger partial charge in [-0.2, -0.15) is 0 Å². The summed E-state index contributed by atoms with van der Waals surface area (Å²) in [6.07, 6.45) is 8.00. The molecule has 1 N–H and O–H groups in total. The third-order valence-electron chi connectivity index (χ3n) is 10.0. The topological polar surface area (TPSA) is 71.9 Å². The zero-order valence-electron chi connectivity index (χ0n) is 29.6. The first-order valence-electron chi connectivity index (χ1n) is 17.4. The van der Waals surface area contributed by atoms with Gasteiger partial charge in [0.2, 0.25) is 0 Å². The first-order valence-corrected chi connectivity index (χ1v) is 17.4. The number of hydrogen-bond donors (Lipinski definition) is 1. The van der Waals surface area contributed by atoms with Gasteiger partial charge in [0.1, 0.15) is 11.5 Å². The zero-order valence-corrected chi connectivity index (χ0v) is 29.6. The molecule has 3 heterocycles. The van der Waals surface area contributed by atoms with Gasteiger partial charge in [-0.25, -0.2) is 0 Å². The summed E-state index contributed by atoms with van der Waals surface area (Å²) in [5.74, 6) is 1.01. The molecule has 1 aliphatic heterocycles. The van der Waals surface area contributed by atoms with Crippen molar-refractivity contribution < 1.29 is 14.3 Å². The van der Waals surface area contributed by atoms with Crippen molar-refractivity contribution in [2.24, 2.45) is 0 Å². The van der Waals surface area contributed by atoms with E-state index in [0.717, 1.165) is 29.7 Å². The van der Waals surface area contributed by atoms with Crippen molar-refractivity contribution in [1.29, 1.82) is 0 Å². The predicted molar refractivity (Wildman–Crippen MR) is 199 cm³/mol. The molecule has 0 aliphatic carbocycles. The molecule has 1 fully saturated rings. The number of ether oxygens (including phenoxy) is 2. The number of likely N-dealkylation sites (N-methyl/N-ethyl adjacent to an activating group) is 1. The van der Waals surface area contributed by atoms with Crippen LogP contribution in [0.5, 0.6) is 11.5 Å². The fourth-order valence-electron chi connectivity index (χ4n) is 6.95. The summed E-state index contributed by atoms with van der Waals surface area (Å²) in [6, 6.07) is 22.2. The largest absolute Gasteiger partial charge is 0.496 e. The third-order valence-corrected chi connectivity index (χ3v) is 10.0. The van der Waals surface area contributed by atoms with Crippen LogP contribution in [0, 0.1) is 13.8 Å². The first kappa shape index (κ1) is 34.2. The van der Waals surface area contributed by atoms with E-state index in [9.17, 15) is 4.79 Å². The molecule has 3 aromatic carbocycles. The van der Waals surface area contributed by atoms with Crippen LogP contribution >= 0.6 is 0 Å². The molecule has 49 heavy (non-hydrogen) atoms. The quantitative estimate of drug-likeness (QED) is 0.131. The van der Waals surface area contributed by atoms with Gasteiger partial charge >= 0.3 is 0 Å². The van der Waals surface area contributed by atoms with Crippen LogP contribution in [-0.4, -0.2) is 79.2 Å². The van der Waals surface area contributed by atoms with Gasteiger partial charge in [-0.3, -0.25) is 9.78 Å². The first-order chi connectivity index (χ1) is 23.8. The number of hydrogen-bond acceptors (Lipinski definition) is 6. The van der Waals surface area contributed by atoms with Crippen molar-refractivity contribution in [3.05, 3.63) is 107 Å². The number of fused-ring (bicyclic) bond motifs is 1. The Morgan fingerprint density at radius 3 is 2.12 bits per heavy atom. The number of carbonyl (C=O) groups is 1. The minimum Gasteiger partial charge on any atom is -0.496 e. The monoisotopic (exact) mass is 659 g/mol. The molecule has 1 aliphatic rings. The van der Waals surface area contributed by atoms with Gasteiger partial charge < -0.3 is 29.2 Å². The Balaban J connectivity index is 1.07. The van der Waals surface area contributed by atoms with Crippen molar-refractivity contribution >= 4 is 22.5 Å². The second-order valence-corrected chi connectivity index (χ2v) is 13.2. The summed E-state index contributed by atoms with van der Waals surface area (Å²) in [6.45, 7) is 11.6. The van der Waals surface area contributed by atoms with Crippen LogP contribution in [0.1, 0.15) is 52.0 Å². The second kappa shape index (κ2) is 15.7. The minimum absolute atomic E-state index is 0.194. The summed E-state index contributed by atoms with van der Waals surface area (Å²) in [5.41, 5.74) is 9.39. The van der Waals surface area contributed by atoms with Gasteiger partial charge in [0.25, 0.3) is 5.91 Å². The van der Waals surface area contributed by atoms with E-state index in [-0.39, 0.29) is 5.91 Å². The smallest absolute Gasteiger partial charge is 0.255 e. The maximum Gasteiger partial charge on any atom is 0.255 e. The SMILES string of the molecule is COc1cc(NC(=O)c2ccc(Cc3ccc4c(c3)c(C)c(C)n4CCCCCN3CCN(C)CC3)cc2)cc(OC)c1-c1ccncc1. The van der Waals surface area contributed by atoms with Crippen LogP contribution in [-0.2, 0) is 13.0 Å². The highest BCUT2D eigenvalue weighted by molar-refractivity contribution is 6.04. The van der Waals surface area contributed by atoms with Crippen molar-refractivity contribution in [2.75, 3.05) is 59.3 Å². The highest BCUT2D eigenvalue weighted by Gasteiger charge is 2.17. The van der Waals surface area contributed by atoms with Crippen molar-refractivity contribution in [1.82, 2.24) is 19.4 Å². The molecule has 5 aromatic rings. The number of piperazine rings is 1. The molecular formula is C41H49N5O3. The molecule has 0 radical (unpaired) electrons. The number of anilines is 1. The Hall–Kier alpha value is -4.66. The van der Waals surface area contributed by atoms with Gasteiger partial charge in [-0.1, -0.05) is 24.6 Å². The summed E-state index contributed by atoms with van der Waals surface area (Å²) >= 11 is 0. The number of unbranched alkanes of at least 4 members (excludes halogenated alkanes) is 2. The Morgan fingerprint density at radius 2 is 1.45 bits per heavy atom. The van der Waals surface area contributed by atoms with Crippen LogP contribution in [0.4, 0.5) is 5.69 Å². The van der Waals surface area contributed by atoms with Crippen LogP contribution in [0.2, 0.25) is 0 Å². The molecule has 0 spiro atoms. The molecule has 0 atom stereocenters. The summed E-state index contributed by atoms with van der Waals surface area (Å²) in [7, 11) is 5.43. The maximum absolute atomic E-state index is 13.2. The highest BCUT2D eigenvalue weighted by Crippen LogP contribution is 2.41. The number of methoxy groups -OCH3 is 2. The van der Waals surface area contributed by atoms with Crippen molar-refractivity contribution in [3.8, 4) is 22.6 Å². The van der Waals surface area contributed by atoms with E-state index < -0.39 is 0 Å². The lowest BCUT2D eigenvalue weighted by Crippen LogP contribution is -2.44. The maximum atomic E-state index is 13.2. The normalized spacial score (nSPS) is 13.9. The number of aromatic nitrogens is 2. The Morgan fingerprint density at radius 1 is 0.796 bits per heavy atom. The lowest BCUT2D eigenvalue weighted by atomic mass is 10.0. The van der Waals surface area contributed by atoms with Gasteiger partial charge in [-0.15, -0.1) is 0 Å². The summed E-state index contributed by atoms with van der Waals surface area (Å²) in [5, 5.41) is 4.35. The Labute approximate surface area is 290 Å². The third kappa shape index (κ3) is 7.98. The number of amides is 1. The number of benzene rings is 3. The molecule has 2 aromatic heterocycles. The molecule has 1 amide bonds. The van der Waals surface area contributed by atoms with Gasteiger partial charge in [0.15, 0.2) is 0 Å². The van der Waals surface area contributed by atoms with Crippen molar-refractivity contribution in [3.63, 3.8) is 0 Å². The van der Waals surface area contributed by atoms with E-state index >= 15 is 0 Å². The molecule has 1 saturated heterocycles. The fourth-order valence-corrected chi connectivity index (χ4v) is 6.95. The second-order valence-electron chi connectivity index (χ2n) is 13.2. The number of nitrogens with zero attached hydrogens (tertiary/aromatic N) is 4. The standard InChI is InChI=1S/C41H49N5O3/c1-29-30(2)46(20-8-6-7-19-45-23-21-44(3)22-24-45)37-14-11-32(26-36(29)37)25-31-9-12-34(13-10-31)41(47)43-35-27-38(48-4)40(39(28-35)49-5)33-15-17-42-18-16-33/h9-18,26-28H,6-8,19-25H2,1-5H3,(H,43,47).